The van der Waals surface area contributed by atoms with E-state index in [4.69, 9.17) is 20.9 Å². The van der Waals surface area contributed by atoms with Gasteiger partial charge in [0.2, 0.25) is 0 Å². The molecule has 10 heteroatoms. The summed E-state index contributed by atoms with van der Waals surface area (Å²) in [6.07, 6.45) is -1.80. The first-order valence-corrected chi connectivity index (χ1v) is 12.9. The third-order valence-corrected chi connectivity index (χ3v) is 8.25. The first-order valence-electron chi connectivity index (χ1n) is 12.5. The smallest absolute Gasteiger partial charge is 0.399 e. The Bertz CT molecular complexity index is 1140. The lowest BCUT2D eigenvalue weighted by molar-refractivity contribution is -0.137. The average Bonchev–Trinajstić information content (AvgIpc) is 3.04. The number of piperidine rings is 1. The van der Waals surface area contributed by atoms with E-state index in [2.05, 4.69) is 10.2 Å². The molecule has 0 aromatic heterocycles. The summed E-state index contributed by atoms with van der Waals surface area (Å²) in [4.78, 5) is 15.5. The van der Waals surface area contributed by atoms with Gasteiger partial charge in [-0.25, -0.2) is 0 Å². The number of carbonyl (C=O) groups is 1. The molecule has 37 heavy (non-hydrogen) atoms. The SMILES string of the molecule is CN1CCCC[C@H]1[C@@H](NC(=O)c1cccc(C(F)(F)F)c1Cl)c1cccc(B2OC(C)(C)C(C)(C)O2)c1. The molecule has 0 radical (unpaired) electrons. The molecule has 1 amide bonds. The normalized spacial score (nSPS) is 22.6. The van der Waals surface area contributed by atoms with Crippen molar-refractivity contribution in [3.05, 3.63) is 64.2 Å². The van der Waals surface area contributed by atoms with Crippen LogP contribution in [-0.4, -0.2) is 48.8 Å². The second-order valence-electron chi connectivity index (χ2n) is 10.9. The molecule has 2 atom stereocenters. The van der Waals surface area contributed by atoms with E-state index in [9.17, 15) is 18.0 Å². The molecule has 4 rings (SSSR count). The van der Waals surface area contributed by atoms with Gasteiger partial charge in [0.1, 0.15) is 0 Å². The lowest BCUT2D eigenvalue weighted by Crippen LogP contribution is -2.47. The zero-order valence-electron chi connectivity index (χ0n) is 21.8. The highest BCUT2D eigenvalue weighted by Crippen LogP contribution is 2.38. The van der Waals surface area contributed by atoms with E-state index >= 15 is 0 Å². The van der Waals surface area contributed by atoms with Crippen LogP contribution in [0.4, 0.5) is 13.2 Å². The molecular weight excluding hydrogens is 504 g/mol. The van der Waals surface area contributed by atoms with Crippen LogP contribution in [0.2, 0.25) is 5.02 Å². The minimum Gasteiger partial charge on any atom is -0.399 e. The highest BCUT2D eigenvalue weighted by atomic mass is 35.5. The predicted molar refractivity (Wildman–Crippen MR) is 139 cm³/mol. The quantitative estimate of drug-likeness (QED) is 0.505. The van der Waals surface area contributed by atoms with Gasteiger partial charge in [0.25, 0.3) is 5.91 Å². The number of amides is 1. The number of hydrogen-bond acceptors (Lipinski definition) is 4. The molecule has 2 aliphatic heterocycles. The van der Waals surface area contributed by atoms with E-state index in [1.54, 1.807) is 0 Å². The monoisotopic (exact) mass is 536 g/mol. The Morgan fingerprint density at radius 3 is 2.38 bits per heavy atom. The number of hydrogen-bond donors (Lipinski definition) is 1. The lowest BCUT2D eigenvalue weighted by atomic mass is 9.77. The minimum absolute atomic E-state index is 0.0455. The van der Waals surface area contributed by atoms with Gasteiger partial charge in [-0.3, -0.25) is 4.79 Å². The van der Waals surface area contributed by atoms with E-state index in [1.807, 2.05) is 59.0 Å². The number of benzene rings is 2. The van der Waals surface area contributed by atoms with Gasteiger partial charge in [-0.2, -0.15) is 13.2 Å². The largest absolute Gasteiger partial charge is 0.494 e. The summed E-state index contributed by atoms with van der Waals surface area (Å²) in [6, 6.07) is 10.5. The molecule has 2 fully saturated rings. The van der Waals surface area contributed by atoms with E-state index in [-0.39, 0.29) is 11.6 Å². The maximum Gasteiger partial charge on any atom is 0.494 e. The number of likely N-dealkylation sites (N-methyl/N-ethyl adjacent to an activating group) is 1. The van der Waals surface area contributed by atoms with Gasteiger partial charge in [0, 0.05) is 6.04 Å². The molecule has 2 aromatic rings. The number of alkyl halides is 3. The molecule has 2 aromatic carbocycles. The molecule has 1 N–H and O–H groups in total. The average molecular weight is 537 g/mol. The summed E-state index contributed by atoms with van der Waals surface area (Å²) in [6.45, 7) is 8.79. The second-order valence-corrected chi connectivity index (χ2v) is 11.3. The highest BCUT2D eigenvalue weighted by molar-refractivity contribution is 6.62. The minimum atomic E-state index is -4.66. The van der Waals surface area contributed by atoms with Gasteiger partial charge in [-0.05, 0) is 77.3 Å². The first-order chi connectivity index (χ1) is 17.2. The Morgan fingerprint density at radius 2 is 1.76 bits per heavy atom. The van der Waals surface area contributed by atoms with Crippen molar-refractivity contribution in [1.29, 1.82) is 0 Å². The molecule has 0 aliphatic carbocycles. The van der Waals surface area contributed by atoms with Crippen LogP contribution in [0.3, 0.4) is 0 Å². The van der Waals surface area contributed by atoms with Crippen molar-refractivity contribution in [2.24, 2.45) is 0 Å². The van der Waals surface area contributed by atoms with Crippen LogP contribution in [0.1, 0.15) is 74.5 Å². The molecule has 2 aliphatic rings. The van der Waals surface area contributed by atoms with E-state index in [0.717, 1.165) is 42.9 Å². The molecule has 0 bridgehead atoms. The Labute approximate surface area is 221 Å². The third kappa shape index (κ3) is 5.70. The Morgan fingerprint density at radius 1 is 1.11 bits per heavy atom. The molecule has 200 valence electrons. The maximum atomic E-state index is 13.4. The summed E-state index contributed by atoms with van der Waals surface area (Å²) < 4.78 is 52.7. The second kappa shape index (κ2) is 10.2. The van der Waals surface area contributed by atoms with E-state index in [0.29, 0.717) is 0 Å². The van der Waals surface area contributed by atoms with Crippen molar-refractivity contribution >= 4 is 30.1 Å². The van der Waals surface area contributed by atoms with Gasteiger partial charge >= 0.3 is 13.3 Å². The number of rotatable bonds is 5. The molecular formula is C27H33BClF3N2O3. The number of halogens is 4. The van der Waals surface area contributed by atoms with E-state index in [1.165, 1.54) is 12.1 Å². The molecule has 0 spiro atoms. The number of nitrogens with one attached hydrogen (secondary N) is 1. The van der Waals surface area contributed by atoms with Crippen molar-refractivity contribution in [1.82, 2.24) is 10.2 Å². The fourth-order valence-corrected chi connectivity index (χ4v) is 5.27. The topological polar surface area (TPSA) is 50.8 Å². The Hall–Kier alpha value is -2.07. The van der Waals surface area contributed by atoms with Crippen LogP contribution in [0, 0.1) is 0 Å². The van der Waals surface area contributed by atoms with Crippen LogP contribution in [0.25, 0.3) is 0 Å². The van der Waals surface area contributed by atoms with E-state index < -0.39 is 47.0 Å². The summed E-state index contributed by atoms with van der Waals surface area (Å²) >= 11 is 6.07. The van der Waals surface area contributed by atoms with Gasteiger partial charge in [0.15, 0.2) is 0 Å². The van der Waals surface area contributed by atoms with Crippen molar-refractivity contribution in [3.63, 3.8) is 0 Å². The number of likely N-dealkylation sites (tertiary alicyclic amines) is 1. The van der Waals surface area contributed by atoms with Crippen LogP contribution < -0.4 is 10.8 Å². The summed E-state index contributed by atoms with van der Waals surface area (Å²) in [5.74, 6) is -0.652. The van der Waals surface area contributed by atoms with Crippen LogP contribution >= 0.6 is 11.6 Å². The maximum absolute atomic E-state index is 13.4. The summed E-state index contributed by atoms with van der Waals surface area (Å²) in [5.41, 5.74) is -0.623. The third-order valence-electron chi connectivity index (χ3n) is 7.84. The fraction of sp³-hybridized carbons (Fsp3) is 0.519. The number of carbonyl (C=O) groups excluding carboxylic acids is 1. The van der Waals surface area contributed by atoms with Crippen LogP contribution in [-0.2, 0) is 15.5 Å². The van der Waals surface area contributed by atoms with Crippen molar-refractivity contribution in [3.8, 4) is 0 Å². The molecule has 2 saturated heterocycles. The van der Waals surface area contributed by atoms with Crippen LogP contribution in [0.5, 0.6) is 0 Å². The Balaban J connectivity index is 1.68. The Kier molecular flexibility index (Phi) is 7.74. The predicted octanol–water partition coefficient (Wildman–Crippen LogP) is 5.61. The first kappa shape index (κ1) is 28.0. The van der Waals surface area contributed by atoms with Crippen molar-refractivity contribution in [2.45, 2.75) is 76.4 Å². The zero-order chi connectivity index (χ0) is 27.2. The highest BCUT2D eigenvalue weighted by Gasteiger charge is 2.51. The zero-order valence-corrected chi connectivity index (χ0v) is 22.5. The summed E-state index contributed by atoms with van der Waals surface area (Å²) in [5, 5.41) is 2.40. The van der Waals surface area contributed by atoms with Gasteiger partial charge in [-0.1, -0.05) is 48.4 Å². The molecule has 0 saturated carbocycles. The van der Waals surface area contributed by atoms with Gasteiger partial charge in [-0.15, -0.1) is 0 Å². The van der Waals surface area contributed by atoms with Crippen molar-refractivity contribution < 1.29 is 27.3 Å². The molecule has 2 heterocycles. The molecule has 5 nitrogen and oxygen atoms in total. The fourth-order valence-electron chi connectivity index (χ4n) is 4.95. The molecule has 0 unspecified atom stereocenters. The number of nitrogens with zero attached hydrogens (tertiary/aromatic N) is 1. The standard InChI is InChI=1S/C27H33BClF3N2O3/c1-25(2)26(3,4)37-28(36-25)18-11-8-10-17(16-18)23(21-14-6-7-15-34(21)5)33-24(35)19-12-9-13-20(22(19)29)27(30,31)32/h8-13,16,21,23H,6-7,14-15H2,1-5H3,(H,33,35)/t21-,23-/m0/s1. The van der Waals surface area contributed by atoms with Gasteiger partial charge < -0.3 is 19.5 Å². The lowest BCUT2D eigenvalue weighted by Gasteiger charge is -2.39. The van der Waals surface area contributed by atoms with Gasteiger partial charge in [0.05, 0.1) is 33.4 Å². The van der Waals surface area contributed by atoms with Crippen molar-refractivity contribution in [2.75, 3.05) is 13.6 Å². The summed E-state index contributed by atoms with van der Waals surface area (Å²) in [7, 11) is 1.42. The van der Waals surface area contributed by atoms with Crippen LogP contribution in [0.15, 0.2) is 42.5 Å².